The number of aryl methyl sites for hydroxylation is 1. The van der Waals surface area contributed by atoms with Gasteiger partial charge in [-0.25, -0.2) is 4.39 Å². The van der Waals surface area contributed by atoms with Crippen molar-refractivity contribution in [2.75, 3.05) is 0 Å². The molecule has 1 nitrogen and oxygen atoms in total. The van der Waals surface area contributed by atoms with Crippen LogP contribution >= 0.6 is 11.8 Å². The lowest BCUT2D eigenvalue weighted by molar-refractivity contribution is 0.600. The van der Waals surface area contributed by atoms with E-state index in [1.807, 2.05) is 13.0 Å². The molecule has 0 fully saturated rings. The molecule has 0 heterocycles. The van der Waals surface area contributed by atoms with Gasteiger partial charge in [-0.15, -0.1) is 11.8 Å². The van der Waals surface area contributed by atoms with Gasteiger partial charge in [-0.05, 0) is 29.7 Å². The second kappa shape index (κ2) is 6.91. The molecule has 0 aliphatic rings. The highest BCUT2D eigenvalue weighted by Gasteiger charge is 2.17. The van der Waals surface area contributed by atoms with Gasteiger partial charge in [0.05, 0.1) is 0 Å². The maximum absolute atomic E-state index is 13.7. The molecule has 0 aliphatic carbocycles. The van der Waals surface area contributed by atoms with E-state index in [1.165, 1.54) is 23.4 Å². The number of thioether (sulfide) groups is 1. The van der Waals surface area contributed by atoms with Crippen LogP contribution in [0.1, 0.15) is 31.0 Å². The molecule has 0 spiro atoms. The lowest BCUT2D eigenvalue weighted by Gasteiger charge is -2.20. The molecule has 0 amide bonds. The van der Waals surface area contributed by atoms with Gasteiger partial charge in [0.1, 0.15) is 5.82 Å². The molecule has 3 heteroatoms. The Hall–Kier alpha value is -1.32. The van der Waals surface area contributed by atoms with Crippen LogP contribution in [0.3, 0.4) is 0 Å². The lowest BCUT2D eigenvalue weighted by atomic mass is 10.0. The first-order valence-corrected chi connectivity index (χ1v) is 7.75. The van der Waals surface area contributed by atoms with Crippen molar-refractivity contribution in [3.8, 4) is 0 Å². The molecule has 2 unspecified atom stereocenters. The van der Waals surface area contributed by atoms with Gasteiger partial charge in [-0.3, -0.25) is 0 Å². The Kier molecular flexibility index (Phi) is 5.21. The van der Waals surface area contributed by atoms with Gasteiger partial charge in [0.15, 0.2) is 0 Å². The zero-order valence-corrected chi connectivity index (χ0v) is 12.7. The third-order valence-corrected chi connectivity index (χ3v) is 4.68. The zero-order chi connectivity index (χ0) is 14.5. The summed E-state index contributed by atoms with van der Waals surface area (Å²) in [7, 11) is 0. The van der Waals surface area contributed by atoms with Gasteiger partial charge in [0.25, 0.3) is 0 Å². The van der Waals surface area contributed by atoms with Crippen LogP contribution in [0, 0.1) is 5.82 Å². The highest BCUT2D eigenvalue weighted by Crippen LogP contribution is 2.32. The van der Waals surface area contributed by atoms with Crippen molar-refractivity contribution in [2.24, 2.45) is 5.73 Å². The normalized spacial score (nSPS) is 14.0. The molecule has 0 saturated carbocycles. The summed E-state index contributed by atoms with van der Waals surface area (Å²) in [5.41, 5.74) is 8.68. The minimum Gasteiger partial charge on any atom is -0.323 e. The van der Waals surface area contributed by atoms with Crippen LogP contribution < -0.4 is 5.73 Å². The molecule has 2 rings (SSSR count). The molecular weight excluding hydrogens is 269 g/mol. The quantitative estimate of drug-likeness (QED) is 0.816. The fourth-order valence-corrected chi connectivity index (χ4v) is 3.10. The molecule has 0 bridgehead atoms. The van der Waals surface area contributed by atoms with Gasteiger partial charge < -0.3 is 5.73 Å². The van der Waals surface area contributed by atoms with Crippen molar-refractivity contribution in [1.29, 1.82) is 0 Å². The number of nitrogens with two attached hydrogens (primary N) is 1. The smallest absolute Gasteiger partial charge is 0.136 e. The summed E-state index contributed by atoms with van der Waals surface area (Å²) < 4.78 is 13.7. The van der Waals surface area contributed by atoms with Crippen LogP contribution in [-0.4, -0.2) is 5.25 Å². The van der Waals surface area contributed by atoms with E-state index < -0.39 is 0 Å². The Labute approximate surface area is 124 Å². The summed E-state index contributed by atoms with van der Waals surface area (Å²) in [6, 6.07) is 15.1. The average Bonchev–Trinajstić information content (AvgIpc) is 2.49. The van der Waals surface area contributed by atoms with Crippen LogP contribution in [0.15, 0.2) is 53.4 Å². The van der Waals surface area contributed by atoms with Gasteiger partial charge >= 0.3 is 0 Å². The summed E-state index contributed by atoms with van der Waals surface area (Å²) in [5, 5.41) is 0.111. The largest absolute Gasteiger partial charge is 0.323 e. The van der Waals surface area contributed by atoms with Gasteiger partial charge in [-0.1, -0.05) is 50.2 Å². The fourth-order valence-electron chi connectivity index (χ4n) is 2.06. The maximum atomic E-state index is 13.7. The highest BCUT2D eigenvalue weighted by molar-refractivity contribution is 8.00. The third kappa shape index (κ3) is 3.62. The number of benzene rings is 2. The Bertz CT molecular complexity index is 553. The second-order valence-corrected chi connectivity index (χ2v) is 6.29. The molecule has 2 aromatic carbocycles. The van der Waals surface area contributed by atoms with E-state index in [2.05, 4.69) is 31.2 Å². The third-order valence-electron chi connectivity index (χ3n) is 3.43. The summed E-state index contributed by atoms with van der Waals surface area (Å²) in [5.74, 6) is -0.183. The van der Waals surface area contributed by atoms with Crippen molar-refractivity contribution in [1.82, 2.24) is 0 Å². The van der Waals surface area contributed by atoms with Crippen LogP contribution in [-0.2, 0) is 6.42 Å². The van der Waals surface area contributed by atoms with E-state index in [1.54, 1.807) is 12.1 Å². The molecule has 20 heavy (non-hydrogen) atoms. The lowest BCUT2D eigenvalue weighted by Crippen LogP contribution is -2.21. The summed E-state index contributed by atoms with van der Waals surface area (Å²) in [4.78, 5) is 0.653. The molecule has 2 N–H and O–H groups in total. The van der Waals surface area contributed by atoms with E-state index in [0.717, 1.165) is 12.0 Å². The summed E-state index contributed by atoms with van der Waals surface area (Å²) in [6.07, 6.45) is 1.02. The predicted octanol–water partition coefficient (Wildman–Crippen LogP) is 4.57. The Morgan fingerprint density at radius 1 is 1.10 bits per heavy atom. The molecular formula is C17H20FNS. The van der Waals surface area contributed by atoms with E-state index >= 15 is 0 Å². The number of hydrogen-bond acceptors (Lipinski definition) is 2. The number of hydrogen-bond donors (Lipinski definition) is 1. The molecule has 0 saturated heterocycles. The summed E-state index contributed by atoms with van der Waals surface area (Å²) >= 11 is 1.48. The molecule has 0 aromatic heterocycles. The first kappa shape index (κ1) is 15.1. The van der Waals surface area contributed by atoms with Crippen LogP contribution in [0.5, 0.6) is 0 Å². The maximum Gasteiger partial charge on any atom is 0.136 e. The monoisotopic (exact) mass is 289 g/mol. The number of rotatable bonds is 5. The first-order chi connectivity index (χ1) is 9.61. The van der Waals surface area contributed by atoms with Crippen molar-refractivity contribution in [3.63, 3.8) is 0 Å². The van der Waals surface area contributed by atoms with Crippen LogP contribution in [0.4, 0.5) is 4.39 Å². The Morgan fingerprint density at radius 3 is 2.35 bits per heavy atom. The SMILES string of the molecule is CCc1ccc(C(N)C(C)Sc2ccccc2F)cc1. The molecule has 0 aliphatic heterocycles. The van der Waals surface area contributed by atoms with Gasteiger partial charge in [-0.2, -0.15) is 0 Å². The van der Waals surface area contributed by atoms with Crippen molar-refractivity contribution in [3.05, 3.63) is 65.5 Å². The average molecular weight is 289 g/mol. The molecule has 0 radical (unpaired) electrons. The topological polar surface area (TPSA) is 26.0 Å². The highest BCUT2D eigenvalue weighted by atomic mass is 32.2. The Morgan fingerprint density at radius 2 is 1.75 bits per heavy atom. The van der Waals surface area contributed by atoms with Crippen molar-refractivity contribution >= 4 is 11.8 Å². The molecule has 2 aromatic rings. The van der Waals surface area contributed by atoms with Gasteiger partial charge in [0, 0.05) is 16.2 Å². The summed E-state index contributed by atoms with van der Waals surface area (Å²) in [6.45, 7) is 4.17. The zero-order valence-electron chi connectivity index (χ0n) is 11.8. The van der Waals surface area contributed by atoms with Crippen LogP contribution in [0.25, 0.3) is 0 Å². The minimum atomic E-state index is -0.183. The standard InChI is InChI=1S/C17H20FNS/c1-3-13-8-10-14(11-9-13)17(19)12(2)20-16-7-5-4-6-15(16)18/h4-12,17H,3,19H2,1-2H3. The molecule has 2 atom stereocenters. The Balaban J connectivity index is 2.08. The van der Waals surface area contributed by atoms with Gasteiger partial charge in [0.2, 0.25) is 0 Å². The molecule has 106 valence electrons. The fraction of sp³-hybridized carbons (Fsp3) is 0.294. The van der Waals surface area contributed by atoms with Crippen LogP contribution in [0.2, 0.25) is 0 Å². The first-order valence-electron chi connectivity index (χ1n) is 6.87. The van der Waals surface area contributed by atoms with E-state index in [-0.39, 0.29) is 17.1 Å². The minimum absolute atomic E-state index is 0.106. The number of halogens is 1. The van der Waals surface area contributed by atoms with Crippen molar-refractivity contribution in [2.45, 2.75) is 36.5 Å². The van der Waals surface area contributed by atoms with E-state index in [9.17, 15) is 4.39 Å². The second-order valence-electron chi connectivity index (χ2n) is 4.87. The van der Waals surface area contributed by atoms with Crippen molar-refractivity contribution < 1.29 is 4.39 Å². The predicted molar refractivity (Wildman–Crippen MR) is 84.5 cm³/mol. The van der Waals surface area contributed by atoms with E-state index in [0.29, 0.717) is 4.90 Å². The van der Waals surface area contributed by atoms with E-state index in [4.69, 9.17) is 5.73 Å².